The Balaban J connectivity index is 1.75. The van der Waals surface area contributed by atoms with Crippen molar-refractivity contribution in [3.05, 3.63) is 59.8 Å². The summed E-state index contributed by atoms with van der Waals surface area (Å²) in [4.78, 5) is 0. The number of anilines is 1. The molecule has 1 heterocycles. The van der Waals surface area contributed by atoms with Gasteiger partial charge in [-0.2, -0.15) is 18.3 Å². The zero-order chi connectivity index (χ0) is 14.9. The number of aromatic nitrogens is 2. The summed E-state index contributed by atoms with van der Waals surface area (Å²) in [7, 11) is 0. The van der Waals surface area contributed by atoms with Crippen molar-refractivity contribution in [2.24, 2.45) is 0 Å². The Morgan fingerprint density at radius 2 is 1.95 bits per heavy atom. The number of hydrogen-bond donors (Lipinski definition) is 2. The molecule has 0 amide bonds. The summed E-state index contributed by atoms with van der Waals surface area (Å²) in [5.41, 5.74) is 1.65. The molecule has 2 N–H and O–H groups in total. The minimum atomic E-state index is -4.31. The first kappa shape index (κ1) is 13.5. The van der Waals surface area contributed by atoms with Gasteiger partial charge in [-0.05, 0) is 35.9 Å². The van der Waals surface area contributed by atoms with E-state index in [9.17, 15) is 13.2 Å². The zero-order valence-corrected chi connectivity index (χ0v) is 10.9. The van der Waals surface area contributed by atoms with Crippen LogP contribution in [-0.2, 0) is 12.7 Å². The molecule has 3 rings (SSSR count). The van der Waals surface area contributed by atoms with Crippen LogP contribution in [0.15, 0.2) is 48.7 Å². The highest BCUT2D eigenvalue weighted by atomic mass is 19.4. The number of benzene rings is 2. The summed E-state index contributed by atoms with van der Waals surface area (Å²) in [6, 6.07) is 10.9. The molecule has 0 atom stereocenters. The molecule has 0 bridgehead atoms. The quantitative estimate of drug-likeness (QED) is 0.759. The van der Waals surface area contributed by atoms with Gasteiger partial charge in [-0.1, -0.05) is 12.1 Å². The first-order chi connectivity index (χ1) is 10.0. The monoisotopic (exact) mass is 291 g/mol. The molecule has 0 saturated heterocycles. The molecule has 108 valence electrons. The third-order valence-corrected chi connectivity index (χ3v) is 3.19. The maximum atomic E-state index is 12.6. The molecule has 0 radical (unpaired) electrons. The van der Waals surface area contributed by atoms with Gasteiger partial charge in [0.1, 0.15) is 0 Å². The van der Waals surface area contributed by atoms with Gasteiger partial charge < -0.3 is 5.32 Å². The van der Waals surface area contributed by atoms with Crippen LogP contribution in [0.5, 0.6) is 0 Å². The molecule has 0 spiro atoms. The van der Waals surface area contributed by atoms with E-state index in [4.69, 9.17) is 0 Å². The predicted octanol–water partition coefficient (Wildman–Crippen LogP) is 4.19. The van der Waals surface area contributed by atoms with Gasteiger partial charge in [0.25, 0.3) is 0 Å². The Kier molecular flexibility index (Phi) is 3.29. The molecule has 6 heteroatoms. The van der Waals surface area contributed by atoms with Gasteiger partial charge in [0.15, 0.2) is 0 Å². The summed E-state index contributed by atoms with van der Waals surface area (Å²) in [6.07, 6.45) is -2.60. The SMILES string of the molecule is FC(F)(F)c1cccc(CNc2ccc3cn[nH]c3c2)c1. The van der Waals surface area contributed by atoms with Crippen molar-refractivity contribution in [1.29, 1.82) is 0 Å². The van der Waals surface area contributed by atoms with Gasteiger partial charge in [-0.3, -0.25) is 5.10 Å². The molecule has 1 aromatic heterocycles. The summed E-state index contributed by atoms with van der Waals surface area (Å²) in [5.74, 6) is 0. The average molecular weight is 291 g/mol. The summed E-state index contributed by atoms with van der Waals surface area (Å²) in [5, 5.41) is 10.9. The smallest absolute Gasteiger partial charge is 0.381 e. The number of fused-ring (bicyclic) bond motifs is 1. The second kappa shape index (κ2) is 5.12. The topological polar surface area (TPSA) is 40.7 Å². The number of hydrogen-bond acceptors (Lipinski definition) is 2. The maximum absolute atomic E-state index is 12.6. The highest BCUT2D eigenvalue weighted by Gasteiger charge is 2.30. The van der Waals surface area contributed by atoms with E-state index in [-0.39, 0.29) is 0 Å². The first-order valence-corrected chi connectivity index (χ1v) is 6.35. The summed E-state index contributed by atoms with van der Waals surface area (Å²) in [6.45, 7) is 0.323. The van der Waals surface area contributed by atoms with Crippen LogP contribution in [0.1, 0.15) is 11.1 Å². The summed E-state index contributed by atoms with van der Waals surface area (Å²) >= 11 is 0. The molecule has 3 nitrogen and oxygen atoms in total. The van der Waals surface area contributed by atoms with Crippen LogP contribution in [-0.4, -0.2) is 10.2 Å². The van der Waals surface area contributed by atoms with Crippen molar-refractivity contribution in [3.63, 3.8) is 0 Å². The van der Waals surface area contributed by atoms with Crippen molar-refractivity contribution < 1.29 is 13.2 Å². The number of H-pyrrole nitrogens is 1. The minimum Gasteiger partial charge on any atom is -0.381 e. The molecule has 0 fully saturated rings. The first-order valence-electron chi connectivity index (χ1n) is 6.35. The third-order valence-electron chi connectivity index (χ3n) is 3.19. The molecule has 0 aliphatic heterocycles. The Morgan fingerprint density at radius 1 is 1.10 bits per heavy atom. The molecule has 0 saturated carbocycles. The molecule has 0 aliphatic carbocycles. The predicted molar refractivity (Wildman–Crippen MR) is 74.9 cm³/mol. The number of alkyl halides is 3. The van der Waals surface area contributed by atoms with Crippen LogP contribution in [0.25, 0.3) is 10.9 Å². The van der Waals surface area contributed by atoms with E-state index < -0.39 is 11.7 Å². The van der Waals surface area contributed by atoms with E-state index in [2.05, 4.69) is 15.5 Å². The zero-order valence-electron chi connectivity index (χ0n) is 10.9. The number of nitrogens with one attached hydrogen (secondary N) is 2. The lowest BCUT2D eigenvalue weighted by Crippen LogP contribution is -2.06. The largest absolute Gasteiger partial charge is 0.416 e. The number of rotatable bonds is 3. The standard InChI is InChI=1S/C15H12F3N3/c16-15(17,18)12-3-1-2-10(6-12)8-19-13-5-4-11-9-20-21-14(11)7-13/h1-7,9,19H,8H2,(H,20,21). The Bertz CT molecular complexity index is 762. The molecular formula is C15H12F3N3. The highest BCUT2D eigenvalue weighted by Crippen LogP contribution is 2.29. The van der Waals surface area contributed by atoms with E-state index in [0.29, 0.717) is 12.1 Å². The van der Waals surface area contributed by atoms with Crippen LogP contribution in [0.3, 0.4) is 0 Å². The number of halogens is 3. The molecule has 0 aliphatic rings. The lowest BCUT2D eigenvalue weighted by atomic mass is 10.1. The second-order valence-corrected chi connectivity index (χ2v) is 4.72. The fraction of sp³-hybridized carbons (Fsp3) is 0.133. The number of aromatic amines is 1. The third kappa shape index (κ3) is 2.99. The van der Waals surface area contributed by atoms with Crippen molar-refractivity contribution in [2.45, 2.75) is 12.7 Å². The Labute approximate surface area is 118 Å². The van der Waals surface area contributed by atoms with Crippen LogP contribution in [0, 0.1) is 0 Å². The fourth-order valence-corrected chi connectivity index (χ4v) is 2.11. The van der Waals surface area contributed by atoms with Crippen molar-refractivity contribution in [2.75, 3.05) is 5.32 Å². The molecule has 2 aromatic carbocycles. The van der Waals surface area contributed by atoms with Crippen LogP contribution < -0.4 is 5.32 Å². The minimum absolute atomic E-state index is 0.323. The molecule has 3 aromatic rings. The van der Waals surface area contributed by atoms with Crippen molar-refractivity contribution >= 4 is 16.6 Å². The maximum Gasteiger partial charge on any atom is 0.416 e. The van der Waals surface area contributed by atoms with Gasteiger partial charge in [0.05, 0.1) is 17.3 Å². The second-order valence-electron chi connectivity index (χ2n) is 4.72. The van der Waals surface area contributed by atoms with Gasteiger partial charge in [0.2, 0.25) is 0 Å². The fourth-order valence-electron chi connectivity index (χ4n) is 2.11. The number of nitrogens with zero attached hydrogens (tertiary/aromatic N) is 1. The van der Waals surface area contributed by atoms with Crippen LogP contribution >= 0.6 is 0 Å². The molecule has 0 unspecified atom stereocenters. The van der Waals surface area contributed by atoms with Crippen LogP contribution in [0.4, 0.5) is 18.9 Å². The van der Waals surface area contributed by atoms with Gasteiger partial charge >= 0.3 is 6.18 Å². The van der Waals surface area contributed by atoms with E-state index in [1.165, 1.54) is 6.07 Å². The van der Waals surface area contributed by atoms with E-state index in [0.717, 1.165) is 28.7 Å². The summed E-state index contributed by atoms with van der Waals surface area (Å²) < 4.78 is 37.9. The average Bonchev–Trinajstić information content (AvgIpc) is 2.92. The van der Waals surface area contributed by atoms with E-state index in [1.54, 1.807) is 12.3 Å². The van der Waals surface area contributed by atoms with Crippen LogP contribution in [0.2, 0.25) is 0 Å². The molecular weight excluding hydrogens is 279 g/mol. The van der Waals surface area contributed by atoms with Gasteiger partial charge in [-0.15, -0.1) is 0 Å². The van der Waals surface area contributed by atoms with Crippen molar-refractivity contribution in [1.82, 2.24) is 10.2 Å². The lowest BCUT2D eigenvalue weighted by Gasteiger charge is -2.10. The lowest BCUT2D eigenvalue weighted by molar-refractivity contribution is -0.137. The van der Waals surface area contributed by atoms with Gasteiger partial charge in [-0.25, -0.2) is 0 Å². The van der Waals surface area contributed by atoms with E-state index in [1.807, 2.05) is 18.2 Å². The Morgan fingerprint density at radius 3 is 2.76 bits per heavy atom. The van der Waals surface area contributed by atoms with E-state index >= 15 is 0 Å². The normalized spacial score (nSPS) is 11.8. The highest BCUT2D eigenvalue weighted by molar-refractivity contribution is 5.81. The van der Waals surface area contributed by atoms with Gasteiger partial charge in [0, 0.05) is 17.6 Å². The molecule has 21 heavy (non-hydrogen) atoms. The Hall–Kier alpha value is -2.50. The van der Waals surface area contributed by atoms with Crippen molar-refractivity contribution in [3.8, 4) is 0 Å².